The molecule has 2 aliphatic heterocycles. The Hall–Kier alpha value is -2.61. The van der Waals surface area contributed by atoms with Gasteiger partial charge in [0, 0.05) is 18.6 Å². The van der Waals surface area contributed by atoms with Gasteiger partial charge in [0.1, 0.15) is 10.5 Å². The van der Waals surface area contributed by atoms with Crippen molar-refractivity contribution in [1.82, 2.24) is 9.88 Å². The van der Waals surface area contributed by atoms with E-state index >= 15 is 0 Å². The molecule has 7 nitrogen and oxygen atoms in total. The van der Waals surface area contributed by atoms with Crippen molar-refractivity contribution in [2.75, 3.05) is 13.8 Å². The first-order valence-electron chi connectivity index (χ1n) is 7.43. The number of fused-ring (bicyclic) bond motifs is 1. The molecule has 0 unspecified atom stereocenters. The summed E-state index contributed by atoms with van der Waals surface area (Å²) in [5.74, 6) is 0.825. The third-order valence-corrected chi connectivity index (χ3v) is 5.43. The standard InChI is InChI=1S/C16H16N4O3S/c1-16(14-18-5-6-24-14)12(13(21)20(2)15(17)19-16)9-3-4-10-11(7-9)23-8-22-10/h3-7,12H,8H2,1-2H3,(H2,17,19)/t12-,16+/m1/s1. The minimum atomic E-state index is -0.866. The van der Waals surface area contributed by atoms with E-state index in [0.29, 0.717) is 11.5 Å². The van der Waals surface area contributed by atoms with Crippen LogP contribution in [0.25, 0.3) is 0 Å². The number of likely N-dealkylation sites (N-methyl/N-ethyl adjacent to an activating group) is 1. The number of carbonyl (C=O) groups excluding carboxylic acids is 1. The third kappa shape index (κ3) is 2.06. The van der Waals surface area contributed by atoms with Crippen LogP contribution in [-0.4, -0.2) is 35.6 Å². The fourth-order valence-corrected chi connectivity index (χ4v) is 3.90. The van der Waals surface area contributed by atoms with E-state index in [2.05, 4.69) is 9.98 Å². The van der Waals surface area contributed by atoms with Gasteiger partial charge in [-0.15, -0.1) is 11.3 Å². The largest absolute Gasteiger partial charge is 0.454 e. The highest BCUT2D eigenvalue weighted by atomic mass is 32.1. The Labute approximate surface area is 142 Å². The van der Waals surface area contributed by atoms with Crippen molar-refractivity contribution in [2.45, 2.75) is 18.4 Å². The molecule has 2 aromatic rings. The van der Waals surface area contributed by atoms with Crippen LogP contribution in [0.15, 0.2) is 34.8 Å². The highest BCUT2D eigenvalue weighted by Crippen LogP contribution is 2.46. The zero-order chi connectivity index (χ0) is 16.9. The first-order valence-corrected chi connectivity index (χ1v) is 8.31. The van der Waals surface area contributed by atoms with E-state index < -0.39 is 11.5 Å². The number of rotatable bonds is 2. The quantitative estimate of drug-likeness (QED) is 0.895. The molecule has 8 heteroatoms. The molecule has 0 bridgehead atoms. The SMILES string of the molecule is CN1C(=O)[C@@H](c2ccc3c(c2)OCO3)[C@@](C)(c2nccs2)N=C1N. The summed E-state index contributed by atoms with van der Waals surface area (Å²) in [5.41, 5.74) is 5.90. The van der Waals surface area contributed by atoms with E-state index in [9.17, 15) is 4.79 Å². The van der Waals surface area contributed by atoms with Crippen LogP contribution < -0.4 is 15.2 Å². The molecule has 0 saturated carbocycles. The third-order valence-electron chi connectivity index (χ3n) is 4.43. The average molecular weight is 344 g/mol. The summed E-state index contributed by atoms with van der Waals surface area (Å²) >= 11 is 1.46. The van der Waals surface area contributed by atoms with Crippen molar-refractivity contribution in [3.63, 3.8) is 0 Å². The normalized spacial score (nSPS) is 25.8. The maximum Gasteiger partial charge on any atom is 0.239 e. The molecular formula is C16H16N4O3S. The number of carbonyl (C=O) groups is 1. The van der Waals surface area contributed by atoms with Crippen molar-refractivity contribution in [3.05, 3.63) is 40.3 Å². The summed E-state index contributed by atoms with van der Waals surface area (Å²) < 4.78 is 10.8. The summed E-state index contributed by atoms with van der Waals surface area (Å²) in [5, 5.41) is 2.61. The minimum absolute atomic E-state index is 0.126. The van der Waals surface area contributed by atoms with E-state index in [1.54, 1.807) is 13.2 Å². The summed E-state index contributed by atoms with van der Waals surface area (Å²) in [7, 11) is 1.63. The highest BCUT2D eigenvalue weighted by molar-refractivity contribution is 7.09. The van der Waals surface area contributed by atoms with Gasteiger partial charge in [-0.25, -0.2) is 9.98 Å². The van der Waals surface area contributed by atoms with Gasteiger partial charge in [0.25, 0.3) is 0 Å². The molecule has 0 fully saturated rings. The van der Waals surface area contributed by atoms with Crippen LogP contribution in [0.2, 0.25) is 0 Å². The van der Waals surface area contributed by atoms with Gasteiger partial charge in [-0.2, -0.15) is 0 Å². The van der Waals surface area contributed by atoms with E-state index in [4.69, 9.17) is 15.2 Å². The molecule has 24 heavy (non-hydrogen) atoms. The number of benzene rings is 1. The van der Waals surface area contributed by atoms with Crippen molar-refractivity contribution >= 4 is 23.2 Å². The number of thiazole rings is 1. The fourth-order valence-electron chi connectivity index (χ4n) is 3.13. The number of hydrogen-bond acceptors (Lipinski definition) is 7. The molecule has 0 saturated heterocycles. The second-order valence-corrected chi connectivity index (χ2v) is 6.79. The van der Waals surface area contributed by atoms with Crippen LogP contribution in [-0.2, 0) is 10.3 Å². The van der Waals surface area contributed by atoms with E-state index in [-0.39, 0.29) is 18.7 Å². The van der Waals surface area contributed by atoms with Gasteiger partial charge in [-0.05, 0) is 24.6 Å². The Balaban J connectivity index is 1.88. The second-order valence-electron chi connectivity index (χ2n) is 5.90. The molecule has 1 aromatic carbocycles. The molecule has 0 spiro atoms. The highest BCUT2D eigenvalue weighted by Gasteiger charge is 2.49. The van der Waals surface area contributed by atoms with E-state index in [1.165, 1.54) is 16.2 Å². The van der Waals surface area contributed by atoms with E-state index in [1.807, 2.05) is 30.5 Å². The Morgan fingerprint density at radius 3 is 2.92 bits per heavy atom. The van der Waals surface area contributed by atoms with Crippen molar-refractivity contribution < 1.29 is 14.3 Å². The van der Waals surface area contributed by atoms with E-state index in [0.717, 1.165) is 10.6 Å². The molecule has 0 aliphatic carbocycles. The van der Waals surface area contributed by atoms with Crippen molar-refractivity contribution in [1.29, 1.82) is 0 Å². The molecular weight excluding hydrogens is 328 g/mol. The fraction of sp³-hybridized carbons (Fsp3) is 0.312. The van der Waals surface area contributed by atoms with Gasteiger partial charge in [-0.1, -0.05) is 6.07 Å². The summed E-state index contributed by atoms with van der Waals surface area (Å²) in [6.07, 6.45) is 1.70. The van der Waals surface area contributed by atoms with Crippen molar-refractivity contribution in [3.8, 4) is 11.5 Å². The monoisotopic (exact) mass is 344 g/mol. The van der Waals surface area contributed by atoms with Gasteiger partial charge < -0.3 is 15.2 Å². The maximum absolute atomic E-state index is 13.0. The lowest BCUT2D eigenvalue weighted by Crippen LogP contribution is -2.52. The number of nitrogens with zero attached hydrogens (tertiary/aromatic N) is 3. The Bertz CT molecular complexity index is 836. The molecule has 0 radical (unpaired) electrons. The lowest BCUT2D eigenvalue weighted by molar-refractivity contribution is -0.130. The maximum atomic E-state index is 13.0. The van der Waals surface area contributed by atoms with Crippen LogP contribution in [0, 0.1) is 0 Å². The van der Waals surface area contributed by atoms with Crippen LogP contribution in [0.4, 0.5) is 0 Å². The zero-order valence-electron chi connectivity index (χ0n) is 13.2. The first kappa shape index (κ1) is 14.9. The van der Waals surface area contributed by atoms with Gasteiger partial charge in [-0.3, -0.25) is 9.69 Å². The molecule has 2 N–H and O–H groups in total. The molecule has 2 atom stereocenters. The smallest absolute Gasteiger partial charge is 0.239 e. The molecule has 1 amide bonds. The predicted molar refractivity (Wildman–Crippen MR) is 89.2 cm³/mol. The number of guanidine groups is 1. The van der Waals surface area contributed by atoms with Crippen molar-refractivity contribution in [2.24, 2.45) is 10.7 Å². The van der Waals surface area contributed by atoms with Gasteiger partial charge in [0.2, 0.25) is 12.7 Å². The molecule has 4 rings (SSSR count). The number of amides is 1. The molecule has 3 heterocycles. The number of nitrogens with two attached hydrogens (primary N) is 1. The number of hydrogen-bond donors (Lipinski definition) is 1. The summed E-state index contributed by atoms with van der Waals surface area (Å²) in [6, 6.07) is 5.52. The number of aliphatic imine (C=N–C) groups is 1. The van der Waals surface area contributed by atoms with Crippen LogP contribution in [0.5, 0.6) is 11.5 Å². The Morgan fingerprint density at radius 1 is 1.38 bits per heavy atom. The Morgan fingerprint density at radius 2 is 2.17 bits per heavy atom. The number of ether oxygens (including phenoxy) is 2. The van der Waals surface area contributed by atoms with Crippen LogP contribution in [0.3, 0.4) is 0 Å². The molecule has 124 valence electrons. The minimum Gasteiger partial charge on any atom is -0.454 e. The van der Waals surface area contributed by atoms with Gasteiger partial charge >= 0.3 is 0 Å². The lowest BCUT2D eigenvalue weighted by Gasteiger charge is -2.39. The topological polar surface area (TPSA) is 90.0 Å². The van der Waals surface area contributed by atoms with Crippen LogP contribution in [0.1, 0.15) is 23.4 Å². The molecule has 1 aromatic heterocycles. The molecule has 2 aliphatic rings. The predicted octanol–water partition coefficient (Wildman–Crippen LogP) is 1.66. The van der Waals surface area contributed by atoms with Gasteiger partial charge in [0.05, 0.1) is 5.92 Å². The summed E-state index contributed by atoms with van der Waals surface area (Å²) in [6.45, 7) is 2.07. The zero-order valence-corrected chi connectivity index (χ0v) is 14.0. The van der Waals surface area contributed by atoms with Crippen LogP contribution >= 0.6 is 11.3 Å². The van der Waals surface area contributed by atoms with Gasteiger partial charge in [0.15, 0.2) is 17.5 Å². The average Bonchev–Trinajstić information content (AvgIpc) is 3.24. The number of aromatic nitrogens is 1. The first-order chi connectivity index (χ1) is 11.5. The summed E-state index contributed by atoms with van der Waals surface area (Å²) in [4.78, 5) is 23.4. The lowest BCUT2D eigenvalue weighted by atomic mass is 9.79. The Kier molecular flexibility index (Phi) is 3.24. The second kappa shape index (κ2) is 5.20.